The van der Waals surface area contributed by atoms with Gasteiger partial charge >= 0.3 is 0 Å². The van der Waals surface area contributed by atoms with Crippen molar-refractivity contribution < 1.29 is 23.9 Å². The van der Waals surface area contributed by atoms with Crippen LogP contribution in [0.3, 0.4) is 0 Å². The zero-order chi connectivity index (χ0) is 22.5. The van der Waals surface area contributed by atoms with Crippen molar-refractivity contribution in [3.8, 4) is 0 Å². The highest BCUT2D eigenvalue weighted by atomic mass is 16.5. The Morgan fingerprint density at radius 1 is 0.933 bits per heavy atom. The van der Waals surface area contributed by atoms with Gasteiger partial charge in [0.1, 0.15) is 5.78 Å². The quantitative estimate of drug-likeness (QED) is 0.432. The van der Waals surface area contributed by atoms with Gasteiger partial charge in [0.15, 0.2) is 0 Å². The van der Waals surface area contributed by atoms with Crippen LogP contribution in [0.15, 0.2) is 0 Å². The fourth-order valence-electron chi connectivity index (χ4n) is 3.73. The van der Waals surface area contributed by atoms with Gasteiger partial charge in [-0.1, -0.05) is 13.8 Å². The molecule has 0 saturated heterocycles. The molecule has 7 nitrogen and oxygen atoms in total. The molecule has 2 amide bonds. The summed E-state index contributed by atoms with van der Waals surface area (Å²) >= 11 is 0. The Morgan fingerprint density at radius 3 is 2.07 bits per heavy atom. The molecule has 0 heterocycles. The largest absolute Gasteiger partial charge is 0.379 e. The summed E-state index contributed by atoms with van der Waals surface area (Å²) in [5.41, 5.74) is 0. The monoisotopic (exact) mass is 426 g/mol. The van der Waals surface area contributed by atoms with Gasteiger partial charge in [0, 0.05) is 37.4 Å². The van der Waals surface area contributed by atoms with E-state index in [1.54, 1.807) is 6.92 Å². The second kappa shape index (κ2) is 14.5. The molecular formula is C23H42N2O5. The third kappa shape index (κ3) is 11.1. The molecule has 0 aliphatic heterocycles. The minimum atomic E-state index is -0.00145. The lowest BCUT2D eigenvalue weighted by Gasteiger charge is -2.27. The van der Waals surface area contributed by atoms with Gasteiger partial charge in [-0.2, -0.15) is 0 Å². The van der Waals surface area contributed by atoms with E-state index in [0.29, 0.717) is 51.7 Å². The molecule has 0 aromatic carbocycles. The van der Waals surface area contributed by atoms with Crippen molar-refractivity contribution in [2.75, 3.05) is 33.0 Å². The maximum Gasteiger partial charge on any atom is 0.223 e. The van der Waals surface area contributed by atoms with Crippen molar-refractivity contribution in [3.05, 3.63) is 0 Å². The first-order valence-corrected chi connectivity index (χ1v) is 11.5. The highest BCUT2D eigenvalue weighted by Crippen LogP contribution is 2.24. The summed E-state index contributed by atoms with van der Waals surface area (Å²) in [6.07, 6.45) is 4.37. The van der Waals surface area contributed by atoms with Crippen molar-refractivity contribution in [2.24, 2.45) is 11.8 Å². The average Bonchev–Trinajstić information content (AvgIpc) is 2.66. The Labute approximate surface area is 182 Å². The van der Waals surface area contributed by atoms with E-state index < -0.39 is 0 Å². The van der Waals surface area contributed by atoms with Gasteiger partial charge in [0.2, 0.25) is 11.8 Å². The summed E-state index contributed by atoms with van der Waals surface area (Å²) in [5, 5.41) is 3.04. The normalized spacial score (nSPS) is 19.2. The lowest BCUT2D eigenvalue weighted by molar-refractivity contribution is -0.134. The van der Waals surface area contributed by atoms with Gasteiger partial charge in [-0.3, -0.25) is 14.4 Å². The third-order valence-corrected chi connectivity index (χ3v) is 5.52. The van der Waals surface area contributed by atoms with Crippen LogP contribution in [0.4, 0.5) is 0 Å². The predicted octanol–water partition coefficient (Wildman–Crippen LogP) is 2.96. The number of Topliss-reactive ketones (excluding diaryl/α,β-unsaturated/α-hetero) is 1. The Morgan fingerprint density at radius 2 is 1.53 bits per heavy atom. The van der Waals surface area contributed by atoms with Crippen molar-refractivity contribution >= 4 is 17.6 Å². The number of ketones is 1. The highest BCUT2D eigenvalue weighted by Gasteiger charge is 2.24. The van der Waals surface area contributed by atoms with Crippen molar-refractivity contribution in [1.82, 2.24) is 10.2 Å². The van der Waals surface area contributed by atoms with Crippen LogP contribution in [0.25, 0.3) is 0 Å². The Bertz CT molecular complexity index is 528. The summed E-state index contributed by atoms with van der Waals surface area (Å²) in [4.78, 5) is 37.5. The zero-order valence-corrected chi connectivity index (χ0v) is 19.6. The van der Waals surface area contributed by atoms with Gasteiger partial charge in [-0.05, 0) is 52.4 Å². The number of carbonyl (C=O) groups is 3. The Kier molecular flexibility index (Phi) is 12.9. The molecule has 0 bridgehead atoms. The van der Waals surface area contributed by atoms with Gasteiger partial charge in [-0.15, -0.1) is 0 Å². The highest BCUT2D eigenvalue weighted by molar-refractivity contribution is 5.78. The molecule has 0 spiro atoms. The van der Waals surface area contributed by atoms with Gasteiger partial charge in [0.25, 0.3) is 0 Å². The molecule has 7 heteroatoms. The predicted molar refractivity (Wildman–Crippen MR) is 117 cm³/mol. The minimum absolute atomic E-state index is 0.00145. The van der Waals surface area contributed by atoms with Crippen LogP contribution in [0, 0.1) is 11.8 Å². The molecule has 1 saturated carbocycles. The smallest absolute Gasteiger partial charge is 0.223 e. The van der Waals surface area contributed by atoms with Crippen LogP contribution in [0.2, 0.25) is 0 Å². The summed E-state index contributed by atoms with van der Waals surface area (Å²) in [5.74, 6) is 0.941. The van der Waals surface area contributed by atoms with Crippen molar-refractivity contribution in [2.45, 2.75) is 85.2 Å². The van der Waals surface area contributed by atoms with E-state index in [1.807, 2.05) is 32.6 Å². The van der Waals surface area contributed by atoms with Crippen molar-refractivity contribution in [1.29, 1.82) is 0 Å². The van der Waals surface area contributed by atoms with Gasteiger partial charge in [-0.25, -0.2) is 0 Å². The van der Waals surface area contributed by atoms with E-state index in [0.717, 1.165) is 25.7 Å². The molecule has 0 aromatic rings. The summed E-state index contributed by atoms with van der Waals surface area (Å²) < 4.78 is 11.1. The second-order valence-electron chi connectivity index (χ2n) is 8.98. The van der Waals surface area contributed by atoms with E-state index in [-0.39, 0.29) is 35.6 Å². The molecule has 1 aliphatic rings. The van der Waals surface area contributed by atoms with Crippen LogP contribution >= 0.6 is 0 Å². The number of hydrogen-bond donors (Lipinski definition) is 1. The lowest BCUT2D eigenvalue weighted by atomic mass is 9.84. The van der Waals surface area contributed by atoms with Crippen LogP contribution in [-0.4, -0.2) is 67.6 Å². The molecule has 174 valence electrons. The minimum Gasteiger partial charge on any atom is -0.379 e. The van der Waals surface area contributed by atoms with Crippen LogP contribution in [0.5, 0.6) is 0 Å². The standard InChI is InChI=1S/C23H42N2O5/c1-17(2)16-23(28)25(18(3)4)11-13-30-15-14-29-12-10-22(27)24-21-8-6-20(7-9-21)19(5)26/h17-18,20-21H,6-16H2,1-5H3,(H,24,27). The first-order valence-electron chi connectivity index (χ1n) is 11.5. The summed E-state index contributed by atoms with van der Waals surface area (Å²) in [6, 6.07) is 0.339. The van der Waals surface area contributed by atoms with Gasteiger partial charge < -0.3 is 19.7 Å². The number of nitrogens with zero attached hydrogens (tertiary/aromatic N) is 1. The zero-order valence-electron chi connectivity index (χ0n) is 19.6. The molecule has 0 aromatic heterocycles. The number of hydrogen-bond acceptors (Lipinski definition) is 5. The second-order valence-corrected chi connectivity index (χ2v) is 8.98. The Hall–Kier alpha value is -1.47. The molecule has 0 unspecified atom stereocenters. The number of ether oxygens (including phenoxy) is 2. The van der Waals surface area contributed by atoms with Gasteiger partial charge in [0.05, 0.1) is 26.4 Å². The molecule has 0 radical (unpaired) electrons. The molecule has 30 heavy (non-hydrogen) atoms. The van der Waals surface area contributed by atoms with Crippen molar-refractivity contribution in [3.63, 3.8) is 0 Å². The van der Waals surface area contributed by atoms with Crippen LogP contribution in [-0.2, 0) is 23.9 Å². The number of carbonyl (C=O) groups excluding carboxylic acids is 3. The maximum absolute atomic E-state index is 12.2. The molecule has 1 fully saturated rings. The number of amides is 2. The summed E-state index contributed by atoms with van der Waals surface area (Å²) in [7, 11) is 0. The molecule has 1 rings (SSSR count). The number of nitrogens with one attached hydrogen (secondary N) is 1. The number of rotatable bonds is 14. The lowest BCUT2D eigenvalue weighted by Crippen LogP contribution is -2.40. The first-order chi connectivity index (χ1) is 14.2. The average molecular weight is 427 g/mol. The summed E-state index contributed by atoms with van der Waals surface area (Å²) in [6.45, 7) is 12.1. The van der Waals surface area contributed by atoms with E-state index in [9.17, 15) is 14.4 Å². The van der Waals surface area contributed by atoms with E-state index in [1.165, 1.54) is 0 Å². The SMILES string of the molecule is CC(=O)C1CCC(NC(=O)CCOCCOCCN(C(=O)CC(C)C)C(C)C)CC1. The third-order valence-electron chi connectivity index (χ3n) is 5.52. The molecule has 1 aliphatic carbocycles. The fourth-order valence-corrected chi connectivity index (χ4v) is 3.73. The van der Waals surface area contributed by atoms with E-state index in [2.05, 4.69) is 5.32 Å². The Balaban J connectivity index is 2.05. The molecule has 1 N–H and O–H groups in total. The fraction of sp³-hybridized carbons (Fsp3) is 0.870. The first kappa shape index (κ1) is 26.6. The topological polar surface area (TPSA) is 84.9 Å². The van der Waals surface area contributed by atoms with E-state index in [4.69, 9.17) is 9.47 Å². The maximum atomic E-state index is 12.2. The van der Waals surface area contributed by atoms with E-state index >= 15 is 0 Å². The van der Waals surface area contributed by atoms with Crippen LogP contribution < -0.4 is 5.32 Å². The van der Waals surface area contributed by atoms with Crippen LogP contribution in [0.1, 0.15) is 73.1 Å². The molecular weight excluding hydrogens is 384 g/mol. The molecule has 0 atom stereocenters.